The Labute approximate surface area is 220 Å². The third-order valence-electron chi connectivity index (χ3n) is 6.52. The molecule has 0 unspecified atom stereocenters. The molecule has 2 aromatic rings. The van der Waals surface area contributed by atoms with E-state index in [4.69, 9.17) is 4.74 Å². The highest BCUT2D eigenvalue weighted by atomic mass is 32.2. The molecule has 9 nitrogen and oxygen atoms in total. The third-order valence-corrected chi connectivity index (χ3v) is 9.61. The zero-order valence-electron chi connectivity index (χ0n) is 21.9. The molecular formula is C26H37N3O6S2. The van der Waals surface area contributed by atoms with Crippen molar-refractivity contribution in [1.82, 2.24) is 9.62 Å². The fourth-order valence-electron chi connectivity index (χ4n) is 4.35. The maximum atomic E-state index is 13.0. The van der Waals surface area contributed by atoms with E-state index >= 15 is 0 Å². The van der Waals surface area contributed by atoms with Crippen LogP contribution in [0.5, 0.6) is 5.75 Å². The fraction of sp³-hybridized carbons (Fsp3) is 0.500. The molecule has 0 bridgehead atoms. The molecule has 37 heavy (non-hydrogen) atoms. The number of nitrogens with zero attached hydrogens (tertiary/aromatic N) is 2. The van der Waals surface area contributed by atoms with Crippen LogP contribution < -0.4 is 14.4 Å². The fourth-order valence-corrected chi connectivity index (χ4v) is 7.07. The molecule has 1 atom stereocenters. The maximum absolute atomic E-state index is 13.0. The van der Waals surface area contributed by atoms with Crippen LogP contribution in [-0.2, 0) is 24.8 Å². The Bertz CT molecular complexity index is 1290. The number of aryl methyl sites for hydroxylation is 2. The number of sulfonamides is 2. The number of ether oxygens (including phenoxy) is 1. The first-order valence-electron chi connectivity index (χ1n) is 12.5. The topological polar surface area (TPSA) is 113 Å². The average Bonchev–Trinajstić information content (AvgIpc) is 2.87. The minimum Gasteiger partial charge on any atom is -0.492 e. The number of rotatable bonds is 11. The Morgan fingerprint density at radius 2 is 1.65 bits per heavy atom. The van der Waals surface area contributed by atoms with Crippen LogP contribution in [0.3, 0.4) is 0 Å². The molecule has 0 aliphatic carbocycles. The van der Waals surface area contributed by atoms with Crippen molar-refractivity contribution in [3.05, 3.63) is 53.6 Å². The monoisotopic (exact) mass is 551 g/mol. The predicted molar refractivity (Wildman–Crippen MR) is 145 cm³/mol. The molecule has 1 saturated heterocycles. The van der Waals surface area contributed by atoms with Crippen molar-refractivity contribution in [2.24, 2.45) is 0 Å². The summed E-state index contributed by atoms with van der Waals surface area (Å²) < 4.78 is 59.2. The second-order valence-corrected chi connectivity index (χ2v) is 13.1. The summed E-state index contributed by atoms with van der Waals surface area (Å²) in [6.45, 7) is 6.98. The van der Waals surface area contributed by atoms with Crippen LogP contribution in [0.15, 0.2) is 47.4 Å². The molecule has 11 heteroatoms. The smallest absolute Gasteiger partial charge is 0.244 e. The molecule has 0 spiro atoms. The number of anilines is 1. The van der Waals surface area contributed by atoms with Crippen molar-refractivity contribution in [2.75, 3.05) is 36.8 Å². The highest BCUT2D eigenvalue weighted by Crippen LogP contribution is 2.25. The van der Waals surface area contributed by atoms with Crippen molar-refractivity contribution < 1.29 is 26.4 Å². The second kappa shape index (κ2) is 12.3. The molecule has 1 aliphatic rings. The van der Waals surface area contributed by atoms with Crippen LogP contribution in [0.4, 0.5) is 5.69 Å². The number of hydrogen-bond donors (Lipinski definition) is 1. The number of amides is 1. The van der Waals surface area contributed by atoms with Crippen LogP contribution in [0.1, 0.15) is 43.7 Å². The van der Waals surface area contributed by atoms with Crippen molar-refractivity contribution in [3.8, 4) is 5.75 Å². The summed E-state index contributed by atoms with van der Waals surface area (Å²) in [5.74, 6) is 0.0597. The molecule has 1 aliphatic heterocycles. The van der Waals surface area contributed by atoms with Crippen LogP contribution >= 0.6 is 0 Å². The van der Waals surface area contributed by atoms with E-state index in [1.807, 2.05) is 19.9 Å². The van der Waals surface area contributed by atoms with Crippen molar-refractivity contribution in [2.45, 2.75) is 57.4 Å². The van der Waals surface area contributed by atoms with E-state index in [2.05, 4.69) is 5.32 Å². The second-order valence-electron chi connectivity index (χ2n) is 9.33. The molecular weight excluding hydrogens is 514 g/mol. The number of hydrogen-bond acceptors (Lipinski definition) is 6. The van der Waals surface area contributed by atoms with E-state index in [0.717, 1.165) is 41.0 Å². The number of carbonyl (C=O) groups excluding carboxylic acids is 1. The predicted octanol–water partition coefficient (Wildman–Crippen LogP) is 3.22. The van der Waals surface area contributed by atoms with Gasteiger partial charge in [-0.15, -0.1) is 0 Å². The van der Waals surface area contributed by atoms with Gasteiger partial charge < -0.3 is 10.1 Å². The lowest BCUT2D eigenvalue weighted by atomic mass is 10.1. The van der Waals surface area contributed by atoms with E-state index in [1.165, 1.54) is 16.4 Å². The summed E-state index contributed by atoms with van der Waals surface area (Å²) in [5, 5.41) is 2.76. The Morgan fingerprint density at radius 1 is 1.00 bits per heavy atom. The van der Waals surface area contributed by atoms with Crippen LogP contribution in [0.2, 0.25) is 0 Å². The summed E-state index contributed by atoms with van der Waals surface area (Å²) in [6, 6.07) is 10.7. The number of piperidine rings is 1. The minimum absolute atomic E-state index is 0.142. The van der Waals surface area contributed by atoms with Gasteiger partial charge in [0.1, 0.15) is 18.4 Å². The SMILES string of the molecule is CC[C@@H](C(=O)NCCOc1ccc(S(=O)(=O)N2CCCCC2)cc1)N(c1ccc(C)c(C)c1)S(C)(=O)=O. The summed E-state index contributed by atoms with van der Waals surface area (Å²) in [4.78, 5) is 13.2. The first kappa shape index (κ1) is 28.9. The van der Waals surface area contributed by atoms with E-state index in [1.54, 1.807) is 31.2 Å². The first-order chi connectivity index (χ1) is 17.4. The van der Waals surface area contributed by atoms with Gasteiger partial charge in [-0.1, -0.05) is 19.4 Å². The Balaban J connectivity index is 1.59. The van der Waals surface area contributed by atoms with Crippen molar-refractivity contribution in [1.29, 1.82) is 0 Å². The van der Waals surface area contributed by atoms with Gasteiger partial charge in [-0.3, -0.25) is 9.10 Å². The quantitative estimate of drug-likeness (QED) is 0.429. The standard InChI is InChI=1S/C26H37N3O6S2/c1-5-25(29(36(4,31)32)22-10-9-20(2)21(3)19-22)26(30)27-15-18-35-23-11-13-24(14-12-23)37(33,34)28-16-7-6-8-17-28/h9-14,19,25H,5-8,15-18H2,1-4H3,(H,27,30)/t25-/m0/s1. The minimum atomic E-state index is -3.71. The number of nitrogens with one attached hydrogen (secondary N) is 1. The zero-order chi connectivity index (χ0) is 27.2. The van der Waals surface area contributed by atoms with Gasteiger partial charge in [0.05, 0.1) is 23.4 Å². The summed E-state index contributed by atoms with van der Waals surface area (Å²) in [5.41, 5.74) is 2.41. The normalized spacial score (nSPS) is 15.7. The highest BCUT2D eigenvalue weighted by Gasteiger charge is 2.31. The van der Waals surface area contributed by atoms with E-state index in [0.29, 0.717) is 30.9 Å². The van der Waals surface area contributed by atoms with Gasteiger partial charge >= 0.3 is 0 Å². The number of carbonyl (C=O) groups is 1. The molecule has 1 N–H and O–H groups in total. The summed E-state index contributed by atoms with van der Waals surface area (Å²) in [7, 11) is -7.22. The molecule has 0 aromatic heterocycles. The lowest BCUT2D eigenvalue weighted by Crippen LogP contribution is -2.50. The molecule has 1 fully saturated rings. The first-order valence-corrected chi connectivity index (χ1v) is 15.8. The Kier molecular flexibility index (Phi) is 9.60. The van der Waals surface area contributed by atoms with Crippen LogP contribution in [0.25, 0.3) is 0 Å². The highest BCUT2D eigenvalue weighted by molar-refractivity contribution is 7.92. The molecule has 1 heterocycles. The molecule has 0 saturated carbocycles. The third kappa shape index (κ3) is 7.24. The van der Waals surface area contributed by atoms with Gasteiger partial charge in [-0.05, 0) is 80.6 Å². The molecule has 204 valence electrons. The van der Waals surface area contributed by atoms with E-state index in [9.17, 15) is 21.6 Å². The van der Waals surface area contributed by atoms with Crippen molar-refractivity contribution in [3.63, 3.8) is 0 Å². The molecule has 2 aromatic carbocycles. The number of benzene rings is 2. The lowest BCUT2D eigenvalue weighted by molar-refractivity contribution is -0.122. The van der Waals surface area contributed by atoms with Gasteiger partial charge in [-0.2, -0.15) is 4.31 Å². The molecule has 3 rings (SSSR count). The summed E-state index contributed by atoms with van der Waals surface area (Å²) >= 11 is 0. The van der Waals surface area contributed by atoms with E-state index in [-0.39, 0.29) is 18.0 Å². The van der Waals surface area contributed by atoms with Gasteiger partial charge in [0, 0.05) is 13.1 Å². The lowest BCUT2D eigenvalue weighted by Gasteiger charge is -2.30. The van der Waals surface area contributed by atoms with E-state index < -0.39 is 32.0 Å². The Morgan fingerprint density at radius 3 is 2.22 bits per heavy atom. The zero-order valence-corrected chi connectivity index (χ0v) is 23.6. The van der Waals surface area contributed by atoms with Gasteiger partial charge in [0.25, 0.3) is 0 Å². The maximum Gasteiger partial charge on any atom is 0.244 e. The van der Waals surface area contributed by atoms with Gasteiger partial charge in [0.2, 0.25) is 26.0 Å². The molecule has 1 amide bonds. The average molecular weight is 552 g/mol. The van der Waals surface area contributed by atoms with Gasteiger partial charge in [-0.25, -0.2) is 16.8 Å². The van der Waals surface area contributed by atoms with Crippen LogP contribution in [0, 0.1) is 13.8 Å². The van der Waals surface area contributed by atoms with Crippen LogP contribution in [-0.4, -0.2) is 65.6 Å². The largest absolute Gasteiger partial charge is 0.492 e. The summed E-state index contributed by atoms with van der Waals surface area (Å²) in [6.07, 6.45) is 4.18. The van der Waals surface area contributed by atoms with Crippen molar-refractivity contribution >= 4 is 31.6 Å². The molecule has 0 radical (unpaired) electrons. The van der Waals surface area contributed by atoms with Gasteiger partial charge in [0.15, 0.2) is 0 Å². The Hall–Kier alpha value is -2.63.